The highest BCUT2D eigenvalue weighted by Gasteiger charge is 2.17. The summed E-state index contributed by atoms with van der Waals surface area (Å²) in [6.07, 6.45) is 9.65. The Bertz CT molecular complexity index is 1130. The van der Waals surface area contributed by atoms with Crippen molar-refractivity contribution in [1.82, 2.24) is 9.97 Å². The van der Waals surface area contributed by atoms with Crippen LogP contribution < -0.4 is 0 Å². The van der Waals surface area contributed by atoms with Crippen molar-refractivity contribution in [2.75, 3.05) is 0 Å². The van der Waals surface area contributed by atoms with Crippen LogP contribution in [0, 0.1) is 0 Å². The van der Waals surface area contributed by atoms with E-state index in [0.717, 1.165) is 35.3 Å². The molecule has 2 heterocycles. The van der Waals surface area contributed by atoms with Crippen molar-refractivity contribution in [2.24, 2.45) is 0 Å². The van der Waals surface area contributed by atoms with Crippen LogP contribution in [0.4, 0.5) is 0 Å². The van der Waals surface area contributed by atoms with Crippen molar-refractivity contribution in [3.05, 3.63) is 71.8 Å². The SMILES string of the molecule is CCCCCc1c(-c2ccc3ccccc3n2)nc2ccccc2c1CCCCC. The van der Waals surface area contributed by atoms with E-state index in [4.69, 9.17) is 9.97 Å². The molecule has 0 amide bonds. The van der Waals surface area contributed by atoms with Crippen LogP contribution in [0.25, 0.3) is 33.2 Å². The lowest BCUT2D eigenvalue weighted by atomic mass is 9.91. The van der Waals surface area contributed by atoms with Gasteiger partial charge in [-0.2, -0.15) is 0 Å². The van der Waals surface area contributed by atoms with Gasteiger partial charge in [-0.25, -0.2) is 9.97 Å². The molecule has 0 atom stereocenters. The van der Waals surface area contributed by atoms with Gasteiger partial charge in [-0.3, -0.25) is 0 Å². The molecule has 4 aromatic rings. The number of fused-ring (bicyclic) bond motifs is 2. The van der Waals surface area contributed by atoms with Gasteiger partial charge in [0, 0.05) is 10.8 Å². The Labute approximate surface area is 180 Å². The van der Waals surface area contributed by atoms with Crippen molar-refractivity contribution >= 4 is 21.8 Å². The molecule has 0 unspecified atom stereocenters. The van der Waals surface area contributed by atoms with Crippen LogP contribution in [0.5, 0.6) is 0 Å². The van der Waals surface area contributed by atoms with Gasteiger partial charge in [-0.15, -0.1) is 0 Å². The highest BCUT2D eigenvalue weighted by Crippen LogP contribution is 2.32. The summed E-state index contributed by atoms with van der Waals surface area (Å²) in [4.78, 5) is 10.2. The molecule has 0 fully saturated rings. The fourth-order valence-corrected chi connectivity index (χ4v) is 4.39. The average molecular weight is 397 g/mol. The Morgan fingerprint density at radius 1 is 0.600 bits per heavy atom. The summed E-state index contributed by atoms with van der Waals surface area (Å²) in [6, 6.07) is 21.3. The highest BCUT2D eigenvalue weighted by molar-refractivity contribution is 5.88. The van der Waals surface area contributed by atoms with E-state index in [1.807, 2.05) is 0 Å². The molecule has 0 saturated heterocycles. The third kappa shape index (κ3) is 4.38. The largest absolute Gasteiger partial charge is 0.246 e. The van der Waals surface area contributed by atoms with Gasteiger partial charge in [-0.05, 0) is 55.0 Å². The first-order valence-corrected chi connectivity index (χ1v) is 11.6. The maximum atomic E-state index is 5.16. The van der Waals surface area contributed by atoms with Gasteiger partial charge in [0.05, 0.1) is 22.4 Å². The van der Waals surface area contributed by atoms with Gasteiger partial charge in [0.25, 0.3) is 0 Å². The highest BCUT2D eigenvalue weighted by atomic mass is 14.8. The number of unbranched alkanes of at least 4 members (excludes halogenated alkanes) is 4. The summed E-state index contributed by atoms with van der Waals surface area (Å²) >= 11 is 0. The first-order valence-electron chi connectivity index (χ1n) is 11.6. The zero-order valence-electron chi connectivity index (χ0n) is 18.3. The van der Waals surface area contributed by atoms with Gasteiger partial charge in [0.15, 0.2) is 0 Å². The number of hydrogen-bond donors (Lipinski definition) is 0. The molecule has 2 aromatic heterocycles. The van der Waals surface area contributed by atoms with Crippen LogP contribution in [0.2, 0.25) is 0 Å². The molecule has 30 heavy (non-hydrogen) atoms. The summed E-state index contributed by atoms with van der Waals surface area (Å²) in [7, 11) is 0. The lowest BCUT2D eigenvalue weighted by molar-refractivity contribution is 0.695. The van der Waals surface area contributed by atoms with Crippen LogP contribution in [-0.2, 0) is 12.8 Å². The standard InChI is InChI=1S/C28H32N2/c1-3-5-7-14-22-23-15-10-12-18-26(23)30-28(24(22)16-8-6-4-2)27-20-19-21-13-9-11-17-25(21)29-27/h9-13,15,17-20H,3-8,14,16H2,1-2H3. The molecule has 0 aliphatic heterocycles. The minimum atomic E-state index is 1.00. The zero-order chi connectivity index (χ0) is 20.8. The fraction of sp³-hybridized carbons (Fsp3) is 0.357. The van der Waals surface area contributed by atoms with Crippen LogP contribution >= 0.6 is 0 Å². The van der Waals surface area contributed by atoms with Crippen molar-refractivity contribution in [3.63, 3.8) is 0 Å². The number of hydrogen-bond acceptors (Lipinski definition) is 2. The molecule has 154 valence electrons. The Morgan fingerprint density at radius 2 is 1.27 bits per heavy atom. The van der Waals surface area contributed by atoms with Crippen molar-refractivity contribution in [1.29, 1.82) is 0 Å². The molecule has 0 N–H and O–H groups in total. The Morgan fingerprint density at radius 3 is 2.03 bits per heavy atom. The molecular weight excluding hydrogens is 364 g/mol. The van der Waals surface area contributed by atoms with E-state index in [1.54, 1.807) is 0 Å². The fourth-order valence-electron chi connectivity index (χ4n) is 4.39. The average Bonchev–Trinajstić information content (AvgIpc) is 2.79. The number of nitrogens with zero attached hydrogens (tertiary/aromatic N) is 2. The molecule has 0 spiro atoms. The van der Waals surface area contributed by atoms with Gasteiger partial charge in [0.1, 0.15) is 0 Å². The minimum Gasteiger partial charge on any atom is -0.246 e. The number of para-hydroxylation sites is 2. The lowest BCUT2D eigenvalue weighted by Crippen LogP contribution is -2.04. The molecule has 0 bridgehead atoms. The first-order chi connectivity index (χ1) is 14.8. The molecule has 0 aliphatic carbocycles. The summed E-state index contributed by atoms with van der Waals surface area (Å²) < 4.78 is 0. The molecule has 0 radical (unpaired) electrons. The van der Waals surface area contributed by atoms with Gasteiger partial charge in [0.2, 0.25) is 0 Å². The van der Waals surface area contributed by atoms with Crippen LogP contribution in [0.15, 0.2) is 60.7 Å². The second kappa shape index (κ2) is 9.84. The van der Waals surface area contributed by atoms with E-state index in [0.29, 0.717) is 0 Å². The summed E-state index contributed by atoms with van der Waals surface area (Å²) in [6.45, 7) is 4.55. The Kier molecular flexibility index (Phi) is 6.74. The second-order valence-corrected chi connectivity index (χ2v) is 8.24. The Balaban J connectivity index is 1.89. The normalized spacial score (nSPS) is 11.4. The lowest BCUT2D eigenvalue weighted by Gasteiger charge is -2.18. The number of benzene rings is 2. The monoisotopic (exact) mass is 396 g/mol. The maximum Gasteiger partial charge on any atom is 0.0928 e. The van der Waals surface area contributed by atoms with Crippen molar-refractivity contribution < 1.29 is 0 Å². The van der Waals surface area contributed by atoms with Crippen molar-refractivity contribution in [3.8, 4) is 11.4 Å². The zero-order valence-corrected chi connectivity index (χ0v) is 18.3. The Hall–Kier alpha value is -2.74. The minimum absolute atomic E-state index is 1.00. The smallest absolute Gasteiger partial charge is 0.0928 e. The number of pyridine rings is 2. The van der Waals surface area contributed by atoms with Gasteiger partial charge >= 0.3 is 0 Å². The van der Waals surface area contributed by atoms with E-state index in [9.17, 15) is 0 Å². The molecule has 0 aliphatic rings. The van der Waals surface area contributed by atoms with E-state index >= 15 is 0 Å². The summed E-state index contributed by atoms with van der Waals surface area (Å²) in [5.74, 6) is 0. The number of aromatic nitrogens is 2. The predicted molar refractivity (Wildman–Crippen MR) is 129 cm³/mol. The topological polar surface area (TPSA) is 25.8 Å². The van der Waals surface area contributed by atoms with E-state index in [2.05, 4.69) is 74.5 Å². The summed E-state index contributed by atoms with van der Waals surface area (Å²) in [5, 5.41) is 2.50. The van der Waals surface area contributed by atoms with Crippen LogP contribution in [0.1, 0.15) is 63.5 Å². The van der Waals surface area contributed by atoms with E-state index in [-0.39, 0.29) is 0 Å². The third-order valence-corrected chi connectivity index (χ3v) is 6.01. The van der Waals surface area contributed by atoms with Gasteiger partial charge in [-0.1, -0.05) is 82.0 Å². The van der Waals surface area contributed by atoms with Crippen LogP contribution in [0.3, 0.4) is 0 Å². The summed E-state index contributed by atoms with van der Waals surface area (Å²) in [5.41, 5.74) is 7.13. The molecular formula is C28H32N2. The molecule has 0 saturated carbocycles. The first kappa shape index (κ1) is 20.5. The van der Waals surface area contributed by atoms with Crippen molar-refractivity contribution in [2.45, 2.75) is 65.2 Å². The number of rotatable bonds is 9. The third-order valence-electron chi connectivity index (χ3n) is 6.01. The second-order valence-electron chi connectivity index (χ2n) is 8.24. The number of aryl methyl sites for hydroxylation is 1. The van der Waals surface area contributed by atoms with E-state index in [1.165, 1.54) is 60.4 Å². The van der Waals surface area contributed by atoms with Gasteiger partial charge < -0.3 is 0 Å². The maximum absolute atomic E-state index is 5.16. The molecule has 2 heteroatoms. The van der Waals surface area contributed by atoms with Crippen LogP contribution in [-0.4, -0.2) is 9.97 Å². The molecule has 4 rings (SSSR count). The predicted octanol–water partition coefficient (Wildman–Crippen LogP) is 7.92. The molecule has 2 nitrogen and oxygen atoms in total. The quantitative estimate of drug-likeness (QED) is 0.269. The van der Waals surface area contributed by atoms with E-state index < -0.39 is 0 Å². The molecule has 2 aromatic carbocycles.